The number of rotatable bonds is 4. The third-order valence-electron chi connectivity index (χ3n) is 1.78. The average molecular weight is 182 g/mol. The first-order chi connectivity index (χ1) is 6.29. The number of carbonyl (C=O) groups excluding carboxylic acids is 1. The average Bonchev–Trinajstić information content (AvgIpc) is 2.15. The van der Waals surface area contributed by atoms with Crippen molar-refractivity contribution in [3.63, 3.8) is 0 Å². The summed E-state index contributed by atoms with van der Waals surface area (Å²) in [6, 6.07) is 4.70. The molecule has 0 aliphatic heterocycles. The van der Waals surface area contributed by atoms with Crippen molar-refractivity contribution in [2.24, 2.45) is 0 Å². The Morgan fingerprint density at radius 1 is 1.54 bits per heavy atom. The molecule has 0 fully saturated rings. The van der Waals surface area contributed by atoms with E-state index in [1.54, 1.807) is 12.1 Å². The van der Waals surface area contributed by atoms with Gasteiger partial charge in [-0.25, -0.2) is 4.39 Å². The lowest BCUT2D eigenvalue weighted by molar-refractivity contribution is -0.107. The largest absolute Gasteiger partial charge is 0.493 e. The molecular formula is C10H11FO2. The van der Waals surface area contributed by atoms with Gasteiger partial charge in [-0.1, -0.05) is 12.1 Å². The van der Waals surface area contributed by atoms with E-state index in [0.717, 1.165) is 11.8 Å². The van der Waals surface area contributed by atoms with Crippen molar-refractivity contribution in [2.45, 2.75) is 12.8 Å². The Labute approximate surface area is 76.3 Å². The molecule has 0 amide bonds. The molecule has 0 aliphatic rings. The molecule has 1 aromatic carbocycles. The lowest BCUT2D eigenvalue weighted by Gasteiger charge is -2.07. The molecule has 0 spiro atoms. The maximum absolute atomic E-state index is 13.1. The van der Waals surface area contributed by atoms with Crippen LogP contribution in [0.3, 0.4) is 0 Å². The molecule has 13 heavy (non-hydrogen) atoms. The number of methoxy groups -OCH3 is 1. The molecule has 0 saturated carbocycles. The third-order valence-corrected chi connectivity index (χ3v) is 1.78. The molecule has 2 nitrogen and oxygen atoms in total. The number of carbonyl (C=O) groups is 1. The molecule has 0 bridgehead atoms. The van der Waals surface area contributed by atoms with Gasteiger partial charge >= 0.3 is 0 Å². The van der Waals surface area contributed by atoms with Crippen LogP contribution in [0.15, 0.2) is 18.2 Å². The number of halogens is 1. The third kappa shape index (κ3) is 2.28. The molecule has 0 aromatic heterocycles. The zero-order valence-electron chi connectivity index (χ0n) is 7.42. The van der Waals surface area contributed by atoms with Crippen molar-refractivity contribution >= 4 is 6.29 Å². The van der Waals surface area contributed by atoms with E-state index in [1.165, 1.54) is 13.2 Å². The Morgan fingerprint density at radius 2 is 2.31 bits per heavy atom. The molecule has 0 unspecified atom stereocenters. The maximum Gasteiger partial charge on any atom is 0.165 e. The highest BCUT2D eigenvalue weighted by Crippen LogP contribution is 2.22. The number of ether oxygens (including phenoxy) is 1. The molecule has 1 rings (SSSR count). The van der Waals surface area contributed by atoms with Gasteiger partial charge in [0, 0.05) is 6.42 Å². The van der Waals surface area contributed by atoms with Gasteiger partial charge in [0.15, 0.2) is 11.6 Å². The second-order valence-corrected chi connectivity index (χ2v) is 2.64. The van der Waals surface area contributed by atoms with Crippen molar-refractivity contribution in [2.75, 3.05) is 7.11 Å². The normalized spacial score (nSPS) is 9.69. The summed E-state index contributed by atoms with van der Waals surface area (Å²) in [4.78, 5) is 10.1. The molecule has 0 atom stereocenters. The lowest BCUT2D eigenvalue weighted by atomic mass is 10.1. The second-order valence-electron chi connectivity index (χ2n) is 2.64. The monoisotopic (exact) mass is 182 g/mol. The highest BCUT2D eigenvalue weighted by molar-refractivity contribution is 5.51. The van der Waals surface area contributed by atoms with Crippen LogP contribution in [0, 0.1) is 5.82 Å². The topological polar surface area (TPSA) is 26.3 Å². The van der Waals surface area contributed by atoms with Crippen LogP contribution in [0.25, 0.3) is 0 Å². The van der Waals surface area contributed by atoms with Crippen LogP contribution in [0.2, 0.25) is 0 Å². The van der Waals surface area contributed by atoms with Gasteiger partial charge < -0.3 is 9.53 Å². The molecule has 70 valence electrons. The van der Waals surface area contributed by atoms with Gasteiger partial charge in [0.05, 0.1) is 7.11 Å². The van der Waals surface area contributed by atoms with Gasteiger partial charge in [-0.3, -0.25) is 0 Å². The highest BCUT2D eigenvalue weighted by atomic mass is 19.1. The summed E-state index contributed by atoms with van der Waals surface area (Å²) in [6.07, 6.45) is 1.72. The molecule has 0 N–H and O–H groups in total. The predicted octanol–water partition coefficient (Wildman–Crippen LogP) is 1.97. The number of hydrogen-bond donors (Lipinski definition) is 0. The summed E-state index contributed by atoms with van der Waals surface area (Å²) in [6.45, 7) is 0. The van der Waals surface area contributed by atoms with E-state index in [0.29, 0.717) is 12.8 Å². The Hall–Kier alpha value is -1.38. The molecule has 3 heteroatoms. The van der Waals surface area contributed by atoms with Gasteiger partial charge in [0.1, 0.15) is 6.29 Å². The van der Waals surface area contributed by atoms with Crippen molar-refractivity contribution in [3.8, 4) is 5.75 Å². The number of hydrogen-bond acceptors (Lipinski definition) is 2. The van der Waals surface area contributed by atoms with Gasteiger partial charge in [-0.2, -0.15) is 0 Å². The summed E-state index contributed by atoms with van der Waals surface area (Å²) < 4.78 is 17.9. The fraction of sp³-hybridized carbons (Fsp3) is 0.300. The predicted molar refractivity (Wildman–Crippen MR) is 47.3 cm³/mol. The molecule has 0 radical (unpaired) electrons. The van der Waals surface area contributed by atoms with Crippen molar-refractivity contribution in [3.05, 3.63) is 29.6 Å². The van der Waals surface area contributed by atoms with E-state index >= 15 is 0 Å². The highest BCUT2D eigenvalue weighted by Gasteiger charge is 2.07. The molecule has 0 heterocycles. The SMILES string of the molecule is COc1c(F)cccc1CCC=O. The van der Waals surface area contributed by atoms with Crippen LogP contribution in [-0.2, 0) is 11.2 Å². The quantitative estimate of drug-likeness (QED) is 0.665. The Bertz CT molecular complexity index is 297. The van der Waals surface area contributed by atoms with Gasteiger partial charge in [-0.15, -0.1) is 0 Å². The van der Waals surface area contributed by atoms with Gasteiger partial charge in [0.2, 0.25) is 0 Å². The molecular weight excluding hydrogens is 171 g/mol. The summed E-state index contributed by atoms with van der Waals surface area (Å²) in [5, 5.41) is 0. The minimum absolute atomic E-state index is 0.240. The van der Waals surface area contributed by atoms with E-state index in [4.69, 9.17) is 4.74 Å². The molecule has 0 saturated heterocycles. The standard InChI is InChI=1S/C10H11FO2/c1-13-10-8(5-3-7-12)4-2-6-9(10)11/h2,4,6-7H,3,5H2,1H3. The summed E-state index contributed by atoms with van der Waals surface area (Å²) in [7, 11) is 1.42. The first-order valence-corrected chi connectivity index (χ1v) is 4.04. The first kappa shape index (κ1) is 9.71. The maximum atomic E-state index is 13.1. The van der Waals surface area contributed by atoms with Crippen LogP contribution in [0.5, 0.6) is 5.75 Å². The minimum atomic E-state index is -0.383. The van der Waals surface area contributed by atoms with Crippen molar-refractivity contribution < 1.29 is 13.9 Å². The van der Waals surface area contributed by atoms with E-state index in [1.807, 2.05) is 0 Å². The zero-order chi connectivity index (χ0) is 9.68. The van der Waals surface area contributed by atoms with E-state index in [9.17, 15) is 9.18 Å². The Kier molecular flexibility index (Phi) is 3.43. The van der Waals surface area contributed by atoms with Crippen LogP contribution < -0.4 is 4.74 Å². The molecule has 1 aromatic rings. The molecule has 0 aliphatic carbocycles. The summed E-state index contributed by atoms with van der Waals surface area (Å²) in [5.41, 5.74) is 0.731. The number of benzene rings is 1. The van der Waals surface area contributed by atoms with Crippen molar-refractivity contribution in [1.82, 2.24) is 0 Å². The number of para-hydroxylation sites is 1. The fourth-order valence-electron chi connectivity index (χ4n) is 1.19. The van der Waals surface area contributed by atoms with Crippen LogP contribution >= 0.6 is 0 Å². The number of aryl methyl sites for hydroxylation is 1. The first-order valence-electron chi connectivity index (χ1n) is 4.04. The van der Waals surface area contributed by atoms with Crippen LogP contribution in [-0.4, -0.2) is 13.4 Å². The van der Waals surface area contributed by atoms with E-state index < -0.39 is 0 Å². The lowest BCUT2D eigenvalue weighted by Crippen LogP contribution is -1.95. The summed E-state index contributed by atoms with van der Waals surface area (Å²) >= 11 is 0. The smallest absolute Gasteiger partial charge is 0.165 e. The Balaban J connectivity index is 2.91. The van der Waals surface area contributed by atoms with Crippen LogP contribution in [0.1, 0.15) is 12.0 Å². The zero-order valence-corrected chi connectivity index (χ0v) is 7.42. The van der Waals surface area contributed by atoms with Gasteiger partial charge in [-0.05, 0) is 18.1 Å². The summed E-state index contributed by atoms with van der Waals surface area (Å²) in [5.74, 6) is -0.143. The Morgan fingerprint density at radius 3 is 2.92 bits per heavy atom. The fourth-order valence-corrected chi connectivity index (χ4v) is 1.19. The minimum Gasteiger partial charge on any atom is -0.493 e. The second kappa shape index (κ2) is 4.60. The van der Waals surface area contributed by atoms with E-state index in [2.05, 4.69) is 0 Å². The van der Waals surface area contributed by atoms with E-state index in [-0.39, 0.29) is 11.6 Å². The van der Waals surface area contributed by atoms with Gasteiger partial charge in [0.25, 0.3) is 0 Å². The van der Waals surface area contributed by atoms with Crippen molar-refractivity contribution in [1.29, 1.82) is 0 Å². The number of aldehydes is 1. The van der Waals surface area contributed by atoms with Crippen LogP contribution in [0.4, 0.5) is 4.39 Å².